The van der Waals surface area contributed by atoms with Crippen LogP contribution in [0.25, 0.3) is 0 Å². The largest absolute Gasteiger partial charge is 0.491 e. The van der Waals surface area contributed by atoms with E-state index in [4.69, 9.17) is 14.2 Å². The van der Waals surface area contributed by atoms with Crippen molar-refractivity contribution < 1.29 is 23.8 Å². The van der Waals surface area contributed by atoms with Crippen LogP contribution < -0.4 is 4.74 Å². The quantitative estimate of drug-likeness (QED) is 0.680. The lowest BCUT2D eigenvalue weighted by Crippen LogP contribution is -2.47. The number of hydrogen-bond donors (Lipinski definition) is 0. The Morgan fingerprint density at radius 1 is 1.16 bits per heavy atom. The second-order valence-electron chi connectivity index (χ2n) is 8.18. The summed E-state index contributed by atoms with van der Waals surface area (Å²) in [5.41, 5.74) is 0.693. The average molecular weight is 430 g/mol. The van der Waals surface area contributed by atoms with Gasteiger partial charge in [0.1, 0.15) is 17.9 Å². The van der Waals surface area contributed by atoms with Gasteiger partial charge in [0.05, 0.1) is 29.9 Å². The van der Waals surface area contributed by atoms with Gasteiger partial charge in [-0.15, -0.1) is 0 Å². The maximum Gasteiger partial charge on any atom is 0.257 e. The number of methoxy groups -OCH3 is 1. The number of rotatable bonds is 1. The van der Waals surface area contributed by atoms with E-state index < -0.39 is 0 Å². The molecule has 0 saturated carbocycles. The summed E-state index contributed by atoms with van der Waals surface area (Å²) < 4.78 is 17.8. The zero-order chi connectivity index (χ0) is 22.4. The molecule has 1 saturated heterocycles. The fraction of sp³-hybridized carbons (Fsp3) is 0.609. The van der Waals surface area contributed by atoms with E-state index in [0.717, 1.165) is 12.8 Å². The van der Waals surface area contributed by atoms with Crippen LogP contribution in [0.1, 0.15) is 48.0 Å². The minimum atomic E-state index is -0.225. The molecule has 0 aliphatic carbocycles. The van der Waals surface area contributed by atoms with Gasteiger partial charge < -0.3 is 24.0 Å². The molecule has 0 N–H and O–H groups in total. The Balaban J connectivity index is 1.85. The van der Waals surface area contributed by atoms with Crippen molar-refractivity contribution in [3.05, 3.63) is 29.3 Å². The third-order valence-corrected chi connectivity index (χ3v) is 6.02. The second-order valence-corrected chi connectivity index (χ2v) is 8.18. The zero-order valence-corrected chi connectivity index (χ0v) is 18.5. The Kier molecular flexibility index (Phi) is 7.88. The predicted octanol–water partition coefficient (Wildman–Crippen LogP) is 2.21. The lowest BCUT2D eigenvalue weighted by atomic mass is 9.98. The molecule has 8 nitrogen and oxygen atoms in total. The van der Waals surface area contributed by atoms with Crippen LogP contribution >= 0.6 is 0 Å². The molecular formula is C23H31N3O5. The zero-order valence-electron chi connectivity index (χ0n) is 18.5. The third kappa shape index (κ3) is 5.54. The fourth-order valence-electron chi connectivity index (χ4n) is 4.16. The van der Waals surface area contributed by atoms with Gasteiger partial charge in [-0.05, 0) is 31.4 Å². The summed E-state index contributed by atoms with van der Waals surface area (Å²) >= 11 is 0. The van der Waals surface area contributed by atoms with Gasteiger partial charge in [0.25, 0.3) is 5.91 Å². The molecule has 1 fully saturated rings. The molecular weight excluding hydrogens is 398 g/mol. The van der Waals surface area contributed by atoms with Crippen LogP contribution in [0, 0.1) is 11.3 Å². The average Bonchev–Trinajstić information content (AvgIpc) is 2.78. The number of ether oxygens (including phenoxy) is 3. The van der Waals surface area contributed by atoms with Gasteiger partial charge in [-0.2, -0.15) is 5.26 Å². The molecule has 2 aliphatic heterocycles. The fourth-order valence-corrected chi connectivity index (χ4v) is 4.16. The Morgan fingerprint density at radius 2 is 1.97 bits per heavy atom. The van der Waals surface area contributed by atoms with Crippen LogP contribution in [0.3, 0.4) is 0 Å². The number of carbonyl (C=O) groups excluding carboxylic acids is 2. The lowest BCUT2D eigenvalue weighted by Gasteiger charge is -2.37. The summed E-state index contributed by atoms with van der Waals surface area (Å²) in [7, 11) is 5.15. The van der Waals surface area contributed by atoms with Crippen LogP contribution in [0.15, 0.2) is 18.2 Å². The number of likely N-dealkylation sites (N-methyl/N-ethyl adjacent to an activating group) is 1. The SMILES string of the molecule is CO[C@@H]1CC[C@H]2CCOc3c(C#N)cccc3C(=O)N(C)CCCC(=O)N(C)C[C@@H]1O2. The maximum absolute atomic E-state index is 13.0. The van der Waals surface area contributed by atoms with Crippen molar-refractivity contribution >= 4 is 11.8 Å². The normalized spacial score (nSPS) is 26.1. The number of hydrogen-bond acceptors (Lipinski definition) is 6. The molecule has 2 bridgehead atoms. The molecule has 0 unspecified atom stereocenters. The molecule has 3 rings (SSSR count). The van der Waals surface area contributed by atoms with Gasteiger partial charge in [-0.3, -0.25) is 9.59 Å². The van der Waals surface area contributed by atoms with E-state index >= 15 is 0 Å². The first-order valence-corrected chi connectivity index (χ1v) is 10.8. The van der Waals surface area contributed by atoms with Gasteiger partial charge in [0.15, 0.2) is 0 Å². The number of amides is 2. The number of para-hydroxylation sites is 1. The molecule has 31 heavy (non-hydrogen) atoms. The molecule has 0 aromatic heterocycles. The molecule has 0 radical (unpaired) electrons. The van der Waals surface area contributed by atoms with E-state index in [1.54, 1.807) is 49.2 Å². The van der Waals surface area contributed by atoms with Gasteiger partial charge in [0, 0.05) is 47.1 Å². The van der Waals surface area contributed by atoms with Gasteiger partial charge in [-0.1, -0.05) is 6.07 Å². The number of nitriles is 1. The van der Waals surface area contributed by atoms with E-state index in [-0.39, 0.29) is 30.1 Å². The van der Waals surface area contributed by atoms with E-state index in [2.05, 4.69) is 6.07 Å². The third-order valence-electron chi connectivity index (χ3n) is 6.02. The predicted molar refractivity (Wildman–Crippen MR) is 114 cm³/mol. The minimum Gasteiger partial charge on any atom is -0.491 e. The number of carbonyl (C=O) groups is 2. The minimum absolute atomic E-state index is 0.0176. The van der Waals surface area contributed by atoms with Gasteiger partial charge >= 0.3 is 0 Å². The molecule has 2 amide bonds. The summed E-state index contributed by atoms with van der Waals surface area (Å²) in [5, 5.41) is 9.50. The first-order valence-electron chi connectivity index (χ1n) is 10.8. The van der Waals surface area contributed by atoms with Crippen molar-refractivity contribution in [2.45, 2.75) is 50.4 Å². The van der Waals surface area contributed by atoms with Gasteiger partial charge in [-0.25, -0.2) is 0 Å². The van der Waals surface area contributed by atoms with Crippen LogP contribution in [0.5, 0.6) is 5.75 Å². The van der Waals surface area contributed by atoms with Crippen molar-refractivity contribution in [2.24, 2.45) is 0 Å². The monoisotopic (exact) mass is 429 g/mol. The second kappa shape index (κ2) is 10.6. The molecule has 168 valence electrons. The van der Waals surface area contributed by atoms with E-state index in [1.165, 1.54) is 0 Å². The summed E-state index contributed by atoms with van der Waals surface area (Å²) in [6.45, 7) is 1.22. The molecule has 3 atom stereocenters. The standard InChI is InChI=1S/C23H31N3O5/c1-25-12-5-8-21(27)26(2)15-20-19(29-3)10-9-17(31-20)11-13-30-22-16(14-24)6-4-7-18(22)23(25)28/h4,6-7,17,19-20H,5,8-13,15H2,1-3H3/t17-,19+,20-/m0/s1. The number of nitrogens with zero attached hydrogens (tertiary/aromatic N) is 3. The highest BCUT2D eigenvalue weighted by Crippen LogP contribution is 2.28. The van der Waals surface area contributed by atoms with E-state index in [0.29, 0.717) is 55.8 Å². The summed E-state index contributed by atoms with van der Waals surface area (Å²) in [6, 6.07) is 7.12. The first-order chi connectivity index (χ1) is 14.9. The number of fused-ring (bicyclic) bond motifs is 3. The van der Waals surface area contributed by atoms with Crippen LogP contribution in [-0.2, 0) is 14.3 Å². The molecule has 8 heteroatoms. The Morgan fingerprint density at radius 3 is 2.71 bits per heavy atom. The van der Waals surface area contributed by atoms with E-state index in [9.17, 15) is 14.9 Å². The van der Waals surface area contributed by atoms with E-state index in [1.807, 2.05) is 0 Å². The van der Waals surface area contributed by atoms with Crippen LogP contribution in [0.2, 0.25) is 0 Å². The summed E-state index contributed by atoms with van der Waals surface area (Å²) in [4.78, 5) is 28.9. The summed E-state index contributed by atoms with van der Waals surface area (Å²) in [6.07, 6.45) is 2.88. The highest BCUT2D eigenvalue weighted by Gasteiger charge is 2.33. The highest BCUT2D eigenvalue weighted by atomic mass is 16.5. The molecule has 1 aromatic carbocycles. The molecule has 0 spiro atoms. The van der Waals surface area contributed by atoms with Crippen molar-refractivity contribution in [1.82, 2.24) is 9.80 Å². The Bertz CT molecular complexity index is 837. The Labute approximate surface area is 183 Å². The lowest BCUT2D eigenvalue weighted by molar-refractivity contribution is -0.150. The van der Waals surface area contributed by atoms with Crippen molar-refractivity contribution in [3.8, 4) is 11.8 Å². The van der Waals surface area contributed by atoms with Crippen LogP contribution in [0.4, 0.5) is 0 Å². The molecule has 2 aliphatic rings. The maximum atomic E-state index is 13.0. The van der Waals surface area contributed by atoms with Gasteiger partial charge in [0.2, 0.25) is 5.91 Å². The van der Waals surface area contributed by atoms with Crippen molar-refractivity contribution in [1.29, 1.82) is 5.26 Å². The van der Waals surface area contributed by atoms with Crippen molar-refractivity contribution in [3.63, 3.8) is 0 Å². The molecule has 1 aromatic rings. The summed E-state index contributed by atoms with van der Waals surface area (Å²) in [5.74, 6) is 0.104. The van der Waals surface area contributed by atoms with Crippen LogP contribution in [-0.4, -0.2) is 80.8 Å². The topological polar surface area (TPSA) is 92.1 Å². The molecule has 2 heterocycles. The number of benzene rings is 1. The Hall–Kier alpha value is -2.63. The smallest absolute Gasteiger partial charge is 0.257 e. The van der Waals surface area contributed by atoms with Crippen molar-refractivity contribution in [2.75, 3.05) is 40.9 Å². The first kappa shape index (κ1) is 23.0. The highest BCUT2D eigenvalue weighted by molar-refractivity contribution is 5.97.